The second-order valence-corrected chi connectivity index (χ2v) is 5.69. The lowest BCUT2D eigenvalue weighted by Crippen LogP contribution is -2.56. The molecule has 2 unspecified atom stereocenters. The Kier molecular flexibility index (Phi) is 3.65. The standard InChI is InChI=1S/C13H24N2O/c1-10(2)13(16)9-15-8-12-5-4-6-14(12)7-11(15)3/h10-12H,4-9H2,1-3H3. The second-order valence-electron chi connectivity index (χ2n) is 5.69. The van der Waals surface area contributed by atoms with Gasteiger partial charge >= 0.3 is 0 Å². The van der Waals surface area contributed by atoms with Crippen LogP contribution in [0.2, 0.25) is 0 Å². The van der Waals surface area contributed by atoms with Crippen molar-refractivity contribution in [2.45, 2.75) is 45.7 Å². The number of rotatable bonds is 3. The topological polar surface area (TPSA) is 23.6 Å². The average molecular weight is 224 g/mol. The Morgan fingerprint density at radius 3 is 2.81 bits per heavy atom. The smallest absolute Gasteiger partial charge is 0.149 e. The molecule has 0 aliphatic carbocycles. The van der Waals surface area contributed by atoms with E-state index < -0.39 is 0 Å². The van der Waals surface area contributed by atoms with E-state index in [0.29, 0.717) is 18.4 Å². The Balaban J connectivity index is 1.92. The average Bonchev–Trinajstić information content (AvgIpc) is 2.65. The number of hydrogen-bond donors (Lipinski definition) is 0. The molecule has 16 heavy (non-hydrogen) atoms. The highest BCUT2D eigenvalue weighted by Crippen LogP contribution is 2.24. The number of ketones is 1. The van der Waals surface area contributed by atoms with Crippen molar-refractivity contribution in [3.63, 3.8) is 0 Å². The molecule has 2 fully saturated rings. The summed E-state index contributed by atoms with van der Waals surface area (Å²) in [6.07, 6.45) is 2.66. The van der Waals surface area contributed by atoms with Crippen molar-refractivity contribution in [2.75, 3.05) is 26.2 Å². The van der Waals surface area contributed by atoms with Crippen LogP contribution >= 0.6 is 0 Å². The minimum Gasteiger partial charge on any atom is -0.298 e. The first-order chi connectivity index (χ1) is 7.58. The third-order valence-corrected chi connectivity index (χ3v) is 4.07. The molecule has 2 rings (SSSR count). The summed E-state index contributed by atoms with van der Waals surface area (Å²) in [6, 6.07) is 1.26. The fourth-order valence-corrected chi connectivity index (χ4v) is 2.85. The van der Waals surface area contributed by atoms with Gasteiger partial charge in [0.15, 0.2) is 0 Å². The van der Waals surface area contributed by atoms with Crippen LogP contribution in [-0.4, -0.2) is 53.8 Å². The summed E-state index contributed by atoms with van der Waals surface area (Å²) in [5.41, 5.74) is 0. The predicted octanol–water partition coefficient (Wildman–Crippen LogP) is 1.38. The van der Waals surface area contributed by atoms with Crippen LogP contribution in [0.5, 0.6) is 0 Å². The molecule has 92 valence electrons. The summed E-state index contributed by atoms with van der Waals surface area (Å²) in [5.74, 6) is 0.562. The van der Waals surface area contributed by atoms with E-state index in [4.69, 9.17) is 0 Å². The van der Waals surface area contributed by atoms with Gasteiger partial charge < -0.3 is 0 Å². The second kappa shape index (κ2) is 4.84. The molecule has 2 aliphatic rings. The van der Waals surface area contributed by atoms with Gasteiger partial charge in [0.2, 0.25) is 0 Å². The minimum atomic E-state index is 0.175. The lowest BCUT2D eigenvalue weighted by atomic mass is 10.0. The lowest BCUT2D eigenvalue weighted by molar-refractivity contribution is -0.124. The lowest BCUT2D eigenvalue weighted by Gasteiger charge is -2.42. The Bertz CT molecular complexity index is 265. The zero-order valence-corrected chi connectivity index (χ0v) is 10.8. The Morgan fingerprint density at radius 1 is 1.38 bits per heavy atom. The third kappa shape index (κ3) is 2.46. The number of carbonyl (C=O) groups is 1. The maximum atomic E-state index is 11.8. The van der Waals surface area contributed by atoms with Crippen LogP contribution in [0.15, 0.2) is 0 Å². The molecule has 0 saturated carbocycles. The Hall–Kier alpha value is -0.410. The van der Waals surface area contributed by atoms with E-state index in [9.17, 15) is 4.79 Å². The predicted molar refractivity (Wildman–Crippen MR) is 65.5 cm³/mol. The van der Waals surface area contributed by atoms with E-state index in [0.717, 1.165) is 19.1 Å². The quantitative estimate of drug-likeness (QED) is 0.723. The summed E-state index contributed by atoms with van der Waals surface area (Å²) >= 11 is 0. The molecule has 0 aromatic carbocycles. The van der Waals surface area contributed by atoms with Crippen molar-refractivity contribution in [2.24, 2.45) is 5.92 Å². The molecule has 0 amide bonds. The van der Waals surface area contributed by atoms with Crippen LogP contribution < -0.4 is 0 Å². The van der Waals surface area contributed by atoms with Crippen molar-refractivity contribution in [3.8, 4) is 0 Å². The van der Waals surface area contributed by atoms with Crippen molar-refractivity contribution >= 4 is 5.78 Å². The number of carbonyl (C=O) groups excluding carboxylic acids is 1. The number of hydrogen-bond acceptors (Lipinski definition) is 3. The van der Waals surface area contributed by atoms with Gasteiger partial charge in [-0.1, -0.05) is 13.8 Å². The van der Waals surface area contributed by atoms with Crippen molar-refractivity contribution in [1.29, 1.82) is 0 Å². The molecular formula is C13H24N2O. The van der Waals surface area contributed by atoms with Gasteiger partial charge in [-0.3, -0.25) is 14.6 Å². The Labute approximate surface area is 98.8 Å². The normalized spacial score (nSPS) is 32.0. The van der Waals surface area contributed by atoms with E-state index in [1.807, 2.05) is 13.8 Å². The molecule has 3 heteroatoms. The summed E-state index contributed by atoms with van der Waals surface area (Å²) in [7, 11) is 0. The highest BCUT2D eigenvalue weighted by molar-refractivity contribution is 5.82. The van der Waals surface area contributed by atoms with E-state index in [2.05, 4.69) is 16.7 Å². The van der Waals surface area contributed by atoms with Crippen LogP contribution in [0.1, 0.15) is 33.6 Å². The number of piperazine rings is 1. The first kappa shape index (κ1) is 12.1. The summed E-state index contributed by atoms with van der Waals surface area (Å²) < 4.78 is 0. The molecule has 0 radical (unpaired) electrons. The molecular weight excluding hydrogens is 200 g/mol. The van der Waals surface area contributed by atoms with Gasteiger partial charge in [-0.25, -0.2) is 0 Å². The SMILES string of the molecule is CC(C)C(=O)CN1CC2CCCN2CC1C. The number of Topliss-reactive ketones (excluding diaryl/α,β-unsaturated/α-hetero) is 1. The van der Waals surface area contributed by atoms with Crippen molar-refractivity contribution < 1.29 is 4.79 Å². The van der Waals surface area contributed by atoms with Crippen molar-refractivity contribution in [3.05, 3.63) is 0 Å². The number of nitrogens with zero attached hydrogens (tertiary/aromatic N) is 2. The zero-order valence-electron chi connectivity index (χ0n) is 10.8. The molecule has 0 aromatic heterocycles. The van der Waals surface area contributed by atoms with Gasteiger partial charge in [0, 0.05) is 31.1 Å². The fourth-order valence-electron chi connectivity index (χ4n) is 2.85. The highest BCUT2D eigenvalue weighted by atomic mass is 16.1. The first-order valence-corrected chi connectivity index (χ1v) is 6.58. The van der Waals surface area contributed by atoms with Crippen LogP contribution in [0, 0.1) is 5.92 Å². The van der Waals surface area contributed by atoms with Gasteiger partial charge in [-0.15, -0.1) is 0 Å². The zero-order chi connectivity index (χ0) is 11.7. The molecule has 2 aliphatic heterocycles. The largest absolute Gasteiger partial charge is 0.298 e. The molecule has 2 heterocycles. The Morgan fingerprint density at radius 2 is 2.12 bits per heavy atom. The number of fused-ring (bicyclic) bond motifs is 1. The minimum absolute atomic E-state index is 0.175. The van der Waals surface area contributed by atoms with E-state index in [-0.39, 0.29) is 5.92 Å². The first-order valence-electron chi connectivity index (χ1n) is 6.58. The summed E-state index contributed by atoms with van der Waals surface area (Å²) in [6.45, 7) is 10.4. The fraction of sp³-hybridized carbons (Fsp3) is 0.923. The molecule has 2 saturated heterocycles. The van der Waals surface area contributed by atoms with Crippen LogP contribution in [0.3, 0.4) is 0 Å². The molecule has 2 atom stereocenters. The van der Waals surface area contributed by atoms with Crippen LogP contribution in [0.4, 0.5) is 0 Å². The van der Waals surface area contributed by atoms with Crippen LogP contribution in [0.25, 0.3) is 0 Å². The summed E-state index contributed by atoms with van der Waals surface area (Å²) in [4.78, 5) is 16.8. The van der Waals surface area contributed by atoms with E-state index >= 15 is 0 Å². The highest BCUT2D eigenvalue weighted by Gasteiger charge is 2.34. The van der Waals surface area contributed by atoms with Crippen molar-refractivity contribution in [1.82, 2.24) is 9.80 Å². The van der Waals surface area contributed by atoms with Gasteiger partial charge in [-0.2, -0.15) is 0 Å². The third-order valence-electron chi connectivity index (χ3n) is 4.07. The molecule has 0 spiro atoms. The van der Waals surface area contributed by atoms with Gasteiger partial charge in [0.1, 0.15) is 5.78 Å². The molecule has 0 bridgehead atoms. The van der Waals surface area contributed by atoms with E-state index in [1.165, 1.54) is 19.4 Å². The maximum absolute atomic E-state index is 11.8. The molecule has 0 aromatic rings. The van der Waals surface area contributed by atoms with E-state index in [1.54, 1.807) is 0 Å². The maximum Gasteiger partial charge on any atom is 0.149 e. The molecule has 0 N–H and O–H groups in total. The molecule has 3 nitrogen and oxygen atoms in total. The van der Waals surface area contributed by atoms with Gasteiger partial charge in [0.05, 0.1) is 6.54 Å². The van der Waals surface area contributed by atoms with Gasteiger partial charge in [0.25, 0.3) is 0 Å². The monoisotopic (exact) mass is 224 g/mol. The van der Waals surface area contributed by atoms with Crippen LogP contribution in [-0.2, 0) is 4.79 Å². The van der Waals surface area contributed by atoms with Gasteiger partial charge in [-0.05, 0) is 26.3 Å². The summed E-state index contributed by atoms with van der Waals surface area (Å²) in [5, 5.41) is 0.